The Balaban J connectivity index is 2.80. The summed E-state index contributed by atoms with van der Waals surface area (Å²) in [6.07, 6.45) is 1.20. The van der Waals surface area contributed by atoms with Crippen molar-refractivity contribution in [1.29, 1.82) is 0 Å². The molecule has 1 heterocycles. The van der Waals surface area contributed by atoms with Gasteiger partial charge in [0.05, 0.1) is 6.42 Å². The smallest absolute Gasteiger partial charge is 0.305 e. The summed E-state index contributed by atoms with van der Waals surface area (Å²) in [5, 5.41) is 11.5. The molecule has 1 unspecified atom stereocenters. The normalized spacial score (nSPS) is 13.3. The fourth-order valence-corrected chi connectivity index (χ4v) is 2.24. The fraction of sp³-hybridized carbons (Fsp3) is 0.455. The van der Waals surface area contributed by atoms with Crippen LogP contribution in [0.15, 0.2) is 23.2 Å². The van der Waals surface area contributed by atoms with Gasteiger partial charge in [-0.2, -0.15) is 0 Å². The predicted molar refractivity (Wildman–Crippen MR) is 70.4 cm³/mol. The summed E-state index contributed by atoms with van der Waals surface area (Å²) in [6.45, 7) is 1.71. The number of carboxylic acids is 1. The van der Waals surface area contributed by atoms with Crippen molar-refractivity contribution < 1.29 is 18.3 Å². The monoisotopic (exact) mass is 287 g/mol. The number of aromatic nitrogens is 1. The van der Waals surface area contributed by atoms with Crippen LogP contribution in [-0.4, -0.2) is 48.9 Å². The maximum absolute atomic E-state index is 11.8. The van der Waals surface area contributed by atoms with E-state index in [9.17, 15) is 13.2 Å². The van der Waals surface area contributed by atoms with E-state index in [1.165, 1.54) is 32.4 Å². The first-order valence-electron chi connectivity index (χ1n) is 5.60. The van der Waals surface area contributed by atoms with Crippen LogP contribution in [0.3, 0.4) is 0 Å². The quantitative estimate of drug-likeness (QED) is 0.795. The molecule has 7 nitrogen and oxygen atoms in total. The highest BCUT2D eigenvalue weighted by Gasteiger charge is 2.17. The molecule has 0 saturated carbocycles. The number of sulfonamides is 1. The van der Waals surface area contributed by atoms with Crippen LogP contribution in [0.2, 0.25) is 0 Å². The predicted octanol–water partition coefficient (Wildman–Crippen LogP) is 0.607. The van der Waals surface area contributed by atoms with Gasteiger partial charge in [0.1, 0.15) is 10.7 Å². The molecule has 8 heteroatoms. The summed E-state index contributed by atoms with van der Waals surface area (Å²) in [7, 11) is -0.610. The van der Waals surface area contributed by atoms with Crippen molar-refractivity contribution in [3.63, 3.8) is 0 Å². The molecule has 1 aromatic heterocycles. The number of nitrogens with one attached hydrogen (secondary N) is 1. The first-order valence-corrected chi connectivity index (χ1v) is 7.04. The summed E-state index contributed by atoms with van der Waals surface area (Å²) >= 11 is 0. The van der Waals surface area contributed by atoms with E-state index in [1.807, 2.05) is 0 Å². The molecule has 19 heavy (non-hydrogen) atoms. The van der Waals surface area contributed by atoms with Crippen molar-refractivity contribution in [3.05, 3.63) is 18.3 Å². The van der Waals surface area contributed by atoms with Crippen LogP contribution < -0.4 is 5.32 Å². The van der Waals surface area contributed by atoms with Crippen molar-refractivity contribution in [2.75, 3.05) is 19.4 Å². The first kappa shape index (κ1) is 15.4. The van der Waals surface area contributed by atoms with E-state index in [2.05, 4.69) is 10.3 Å². The zero-order valence-electron chi connectivity index (χ0n) is 11.0. The topological polar surface area (TPSA) is 99.6 Å². The van der Waals surface area contributed by atoms with Gasteiger partial charge < -0.3 is 10.4 Å². The molecular formula is C11H17N3O4S. The summed E-state index contributed by atoms with van der Waals surface area (Å²) in [4.78, 5) is 14.6. The molecule has 0 fully saturated rings. The number of rotatable bonds is 6. The molecule has 0 saturated heterocycles. The third-order valence-corrected chi connectivity index (χ3v) is 4.19. The van der Waals surface area contributed by atoms with E-state index in [0.29, 0.717) is 5.82 Å². The molecule has 0 aliphatic rings. The van der Waals surface area contributed by atoms with Crippen LogP contribution in [0.4, 0.5) is 5.82 Å². The first-order chi connectivity index (χ1) is 8.73. The minimum absolute atomic E-state index is 0.0422. The van der Waals surface area contributed by atoms with E-state index < -0.39 is 16.0 Å². The number of hydrogen-bond donors (Lipinski definition) is 2. The van der Waals surface area contributed by atoms with Gasteiger partial charge in [-0.1, -0.05) is 0 Å². The number of carboxylic acid groups (broad SMARTS) is 1. The Hall–Kier alpha value is -1.67. The third-order valence-electron chi connectivity index (χ3n) is 2.39. The molecule has 0 amide bonds. The molecule has 2 N–H and O–H groups in total. The van der Waals surface area contributed by atoms with Crippen molar-refractivity contribution >= 4 is 21.8 Å². The Morgan fingerprint density at radius 3 is 2.53 bits per heavy atom. The van der Waals surface area contributed by atoms with Gasteiger partial charge in [0.2, 0.25) is 10.0 Å². The number of carbonyl (C=O) groups is 1. The second-order valence-corrected chi connectivity index (χ2v) is 6.46. The Bertz CT molecular complexity index is 540. The highest BCUT2D eigenvalue weighted by Crippen LogP contribution is 2.14. The lowest BCUT2D eigenvalue weighted by molar-refractivity contribution is -0.137. The summed E-state index contributed by atoms with van der Waals surface area (Å²) < 4.78 is 24.7. The van der Waals surface area contributed by atoms with Crippen molar-refractivity contribution in [2.45, 2.75) is 24.3 Å². The third kappa shape index (κ3) is 4.18. The number of aliphatic carboxylic acids is 1. The molecule has 0 radical (unpaired) electrons. The maximum atomic E-state index is 11.8. The van der Waals surface area contributed by atoms with Crippen molar-refractivity contribution in [3.8, 4) is 0 Å². The number of nitrogens with zero attached hydrogens (tertiary/aromatic N) is 2. The molecule has 1 aromatic rings. The van der Waals surface area contributed by atoms with Crippen LogP contribution in [0.25, 0.3) is 0 Å². The van der Waals surface area contributed by atoms with E-state index in [1.54, 1.807) is 6.92 Å². The lowest BCUT2D eigenvalue weighted by Gasteiger charge is -2.14. The highest BCUT2D eigenvalue weighted by atomic mass is 32.2. The summed E-state index contributed by atoms with van der Waals surface area (Å²) in [5.41, 5.74) is 0. The molecule has 1 atom stereocenters. The number of hydrogen-bond acceptors (Lipinski definition) is 5. The molecule has 1 rings (SSSR count). The summed E-state index contributed by atoms with van der Waals surface area (Å²) in [6, 6.07) is 2.65. The number of pyridine rings is 1. The van der Waals surface area contributed by atoms with Gasteiger partial charge in [-0.3, -0.25) is 4.79 Å². The average molecular weight is 287 g/mol. The minimum atomic E-state index is -3.49. The molecule has 0 aliphatic heterocycles. The molecule has 0 bridgehead atoms. The Labute approximate surface area is 112 Å². The van der Waals surface area contributed by atoms with Crippen LogP contribution in [-0.2, 0) is 14.8 Å². The molecule has 106 valence electrons. The van der Waals surface area contributed by atoms with Gasteiger partial charge in [-0.05, 0) is 19.1 Å². The SMILES string of the molecule is CC(CC(=O)O)Nc1ccc(S(=O)(=O)N(C)C)cn1. The van der Waals surface area contributed by atoms with Gasteiger partial charge >= 0.3 is 5.97 Å². The molecular weight excluding hydrogens is 270 g/mol. The Morgan fingerprint density at radius 2 is 2.11 bits per heavy atom. The second kappa shape index (κ2) is 5.98. The van der Waals surface area contributed by atoms with E-state index >= 15 is 0 Å². The largest absolute Gasteiger partial charge is 0.481 e. The second-order valence-electron chi connectivity index (χ2n) is 4.31. The molecule has 0 spiro atoms. The Morgan fingerprint density at radius 1 is 1.47 bits per heavy atom. The van der Waals surface area contributed by atoms with E-state index in [-0.39, 0.29) is 17.4 Å². The van der Waals surface area contributed by atoms with Crippen LogP contribution >= 0.6 is 0 Å². The maximum Gasteiger partial charge on any atom is 0.305 e. The van der Waals surface area contributed by atoms with Gasteiger partial charge in [-0.25, -0.2) is 17.7 Å². The average Bonchev–Trinajstić information content (AvgIpc) is 2.28. The fourth-order valence-electron chi connectivity index (χ4n) is 1.39. The van der Waals surface area contributed by atoms with Gasteiger partial charge in [0.15, 0.2) is 0 Å². The highest BCUT2D eigenvalue weighted by molar-refractivity contribution is 7.89. The standard InChI is InChI=1S/C11H17N3O4S/c1-8(6-11(15)16)13-10-5-4-9(7-12-10)19(17,18)14(2)3/h4-5,7-8H,6H2,1-3H3,(H,12,13)(H,15,16). The lowest BCUT2D eigenvalue weighted by atomic mass is 10.2. The van der Waals surface area contributed by atoms with Crippen LogP contribution in [0, 0.1) is 0 Å². The van der Waals surface area contributed by atoms with Crippen molar-refractivity contribution in [1.82, 2.24) is 9.29 Å². The van der Waals surface area contributed by atoms with Gasteiger partial charge in [-0.15, -0.1) is 0 Å². The summed E-state index contributed by atoms with van der Waals surface area (Å²) in [5.74, 6) is -0.474. The minimum Gasteiger partial charge on any atom is -0.481 e. The van der Waals surface area contributed by atoms with E-state index in [4.69, 9.17) is 5.11 Å². The van der Waals surface area contributed by atoms with Crippen molar-refractivity contribution in [2.24, 2.45) is 0 Å². The van der Waals surface area contributed by atoms with Gasteiger partial charge in [0, 0.05) is 26.3 Å². The van der Waals surface area contributed by atoms with Gasteiger partial charge in [0.25, 0.3) is 0 Å². The van der Waals surface area contributed by atoms with Crippen LogP contribution in [0.1, 0.15) is 13.3 Å². The Kier molecular flexibility index (Phi) is 4.84. The van der Waals surface area contributed by atoms with Crippen LogP contribution in [0.5, 0.6) is 0 Å². The zero-order valence-corrected chi connectivity index (χ0v) is 11.8. The number of anilines is 1. The lowest BCUT2D eigenvalue weighted by Crippen LogP contribution is -2.23. The van der Waals surface area contributed by atoms with E-state index in [0.717, 1.165) is 4.31 Å². The molecule has 0 aliphatic carbocycles. The zero-order chi connectivity index (χ0) is 14.6. The molecule has 0 aromatic carbocycles.